The molecule has 1 aliphatic heterocycles. The third-order valence-electron chi connectivity index (χ3n) is 3.27. The Hall–Kier alpha value is -1.96. The highest BCUT2D eigenvalue weighted by Crippen LogP contribution is 2.28. The van der Waals surface area contributed by atoms with E-state index in [1.54, 1.807) is 24.3 Å². The Balaban J connectivity index is 2.07. The van der Waals surface area contributed by atoms with Crippen LogP contribution >= 0.6 is 0 Å². The SMILES string of the molecule is CC1CN(c2ccccc2NC(=O)OCC(F)(F)F)CC(C)O1. The molecule has 0 aliphatic carbocycles. The Morgan fingerprint density at radius 1 is 1.30 bits per heavy atom. The molecular weight excluding hydrogens is 313 g/mol. The first-order valence-corrected chi connectivity index (χ1v) is 7.24. The number of hydrogen-bond donors (Lipinski definition) is 1. The van der Waals surface area contributed by atoms with E-state index >= 15 is 0 Å². The third-order valence-corrected chi connectivity index (χ3v) is 3.27. The predicted octanol–water partition coefficient (Wildman–Crippen LogP) is 3.41. The summed E-state index contributed by atoms with van der Waals surface area (Å²) in [5, 5.41) is 2.37. The number of morpholine rings is 1. The van der Waals surface area contributed by atoms with Gasteiger partial charge in [-0.2, -0.15) is 13.2 Å². The summed E-state index contributed by atoms with van der Waals surface area (Å²) < 4.78 is 46.1. The molecule has 1 saturated heterocycles. The zero-order valence-electron chi connectivity index (χ0n) is 12.9. The number of hydrogen-bond acceptors (Lipinski definition) is 4. The summed E-state index contributed by atoms with van der Waals surface area (Å²) in [4.78, 5) is 13.6. The Morgan fingerprint density at radius 2 is 1.91 bits per heavy atom. The maximum atomic E-state index is 12.1. The summed E-state index contributed by atoms with van der Waals surface area (Å²) in [6, 6.07) is 6.90. The van der Waals surface area contributed by atoms with Gasteiger partial charge in [0.15, 0.2) is 6.61 Å². The Morgan fingerprint density at radius 3 is 2.52 bits per heavy atom. The van der Waals surface area contributed by atoms with Gasteiger partial charge in [0.2, 0.25) is 0 Å². The normalized spacial score (nSPS) is 21.9. The van der Waals surface area contributed by atoms with Crippen LogP contribution in [0, 0.1) is 0 Å². The van der Waals surface area contributed by atoms with E-state index in [1.165, 1.54) is 0 Å². The zero-order chi connectivity index (χ0) is 17.0. The highest BCUT2D eigenvalue weighted by molar-refractivity contribution is 5.89. The molecule has 0 radical (unpaired) electrons. The summed E-state index contributed by atoms with van der Waals surface area (Å²) in [7, 11) is 0. The molecular formula is C15H19F3N2O3. The quantitative estimate of drug-likeness (QED) is 0.922. The van der Waals surface area contributed by atoms with E-state index in [1.807, 2.05) is 18.7 Å². The van der Waals surface area contributed by atoms with E-state index in [4.69, 9.17) is 4.74 Å². The topological polar surface area (TPSA) is 50.8 Å². The van der Waals surface area contributed by atoms with Crippen molar-refractivity contribution in [2.45, 2.75) is 32.2 Å². The molecule has 1 heterocycles. The molecule has 2 atom stereocenters. The van der Waals surface area contributed by atoms with E-state index in [0.29, 0.717) is 18.8 Å². The van der Waals surface area contributed by atoms with E-state index in [9.17, 15) is 18.0 Å². The highest BCUT2D eigenvalue weighted by Gasteiger charge is 2.30. The number of alkyl halides is 3. The molecule has 1 N–H and O–H groups in total. The minimum absolute atomic E-state index is 0.0176. The van der Waals surface area contributed by atoms with Crippen LogP contribution in [0.1, 0.15) is 13.8 Å². The van der Waals surface area contributed by atoms with Crippen molar-refractivity contribution in [3.63, 3.8) is 0 Å². The van der Waals surface area contributed by atoms with Crippen LogP contribution in [-0.2, 0) is 9.47 Å². The Labute approximate surface area is 132 Å². The molecule has 1 amide bonds. The maximum absolute atomic E-state index is 12.1. The first-order chi connectivity index (χ1) is 10.7. The van der Waals surface area contributed by atoms with Crippen molar-refractivity contribution >= 4 is 17.5 Å². The van der Waals surface area contributed by atoms with Gasteiger partial charge in [-0.25, -0.2) is 4.79 Å². The van der Waals surface area contributed by atoms with E-state index in [2.05, 4.69) is 10.1 Å². The van der Waals surface area contributed by atoms with Gasteiger partial charge < -0.3 is 14.4 Å². The number of amides is 1. The highest BCUT2D eigenvalue weighted by atomic mass is 19.4. The molecule has 1 aliphatic rings. The summed E-state index contributed by atoms with van der Waals surface area (Å²) in [6.07, 6.45) is -5.65. The molecule has 1 fully saturated rings. The lowest BCUT2D eigenvalue weighted by atomic mass is 10.1. The molecule has 5 nitrogen and oxygen atoms in total. The van der Waals surface area contributed by atoms with Crippen molar-refractivity contribution in [1.29, 1.82) is 0 Å². The number of benzene rings is 1. The molecule has 128 valence electrons. The van der Waals surface area contributed by atoms with Gasteiger partial charge in [0.1, 0.15) is 0 Å². The lowest BCUT2D eigenvalue weighted by molar-refractivity contribution is -0.159. The number of para-hydroxylation sites is 2. The number of carbonyl (C=O) groups excluding carboxylic acids is 1. The summed E-state index contributed by atoms with van der Waals surface area (Å²) in [6.45, 7) is 3.51. The summed E-state index contributed by atoms with van der Waals surface area (Å²) in [5.74, 6) is 0. The average Bonchev–Trinajstić information content (AvgIpc) is 2.44. The van der Waals surface area contributed by atoms with Crippen molar-refractivity contribution in [3.8, 4) is 0 Å². The van der Waals surface area contributed by atoms with Crippen molar-refractivity contribution in [2.24, 2.45) is 0 Å². The monoisotopic (exact) mass is 332 g/mol. The smallest absolute Gasteiger partial charge is 0.422 e. The van der Waals surface area contributed by atoms with E-state index < -0.39 is 18.9 Å². The van der Waals surface area contributed by atoms with Crippen LogP contribution in [0.25, 0.3) is 0 Å². The first-order valence-electron chi connectivity index (χ1n) is 7.24. The van der Waals surface area contributed by atoms with Crippen LogP contribution < -0.4 is 10.2 Å². The van der Waals surface area contributed by atoms with Gasteiger partial charge in [-0.15, -0.1) is 0 Å². The fourth-order valence-corrected chi connectivity index (χ4v) is 2.52. The number of anilines is 2. The average molecular weight is 332 g/mol. The number of ether oxygens (including phenoxy) is 2. The van der Waals surface area contributed by atoms with Gasteiger partial charge in [-0.1, -0.05) is 12.1 Å². The van der Waals surface area contributed by atoms with Gasteiger partial charge in [0, 0.05) is 13.1 Å². The van der Waals surface area contributed by atoms with Gasteiger partial charge >= 0.3 is 12.3 Å². The summed E-state index contributed by atoms with van der Waals surface area (Å²) in [5.41, 5.74) is 1.12. The number of nitrogens with one attached hydrogen (secondary N) is 1. The fraction of sp³-hybridized carbons (Fsp3) is 0.533. The number of halogens is 3. The molecule has 0 spiro atoms. The minimum Gasteiger partial charge on any atom is -0.440 e. The number of carbonyl (C=O) groups is 1. The van der Waals surface area contributed by atoms with Crippen molar-refractivity contribution in [1.82, 2.24) is 0 Å². The molecule has 1 aromatic rings. The predicted molar refractivity (Wildman–Crippen MR) is 79.7 cm³/mol. The summed E-state index contributed by atoms with van der Waals surface area (Å²) >= 11 is 0. The lowest BCUT2D eigenvalue weighted by Crippen LogP contribution is -2.45. The molecule has 8 heteroatoms. The second-order valence-electron chi connectivity index (χ2n) is 5.50. The van der Waals surface area contributed by atoms with Crippen LogP contribution in [-0.4, -0.2) is 44.2 Å². The van der Waals surface area contributed by atoms with Crippen LogP contribution in [0.2, 0.25) is 0 Å². The molecule has 0 bridgehead atoms. The van der Waals surface area contributed by atoms with Crippen molar-refractivity contribution < 1.29 is 27.4 Å². The van der Waals surface area contributed by atoms with Gasteiger partial charge in [0.05, 0.1) is 23.6 Å². The Bertz CT molecular complexity index is 541. The van der Waals surface area contributed by atoms with Gasteiger partial charge in [-0.3, -0.25) is 5.32 Å². The van der Waals surface area contributed by atoms with Crippen molar-refractivity contribution in [2.75, 3.05) is 29.9 Å². The molecule has 0 aromatic heterocycles. The van der Waals surface area contributed by atoms with Crippen LogP contribution in [0.15, 0.2) is 24.3 Å². The minimum atomic E-state index is -4.55. The Kier molecular flexibility index (Phi) is 5.35. The van der Waals surface area contributed by atoms with Crippen LogP contribution in [0.4, 0.5) is 29.3 Å². The van der Waals surface area contributed by atoms with Crippen LogP contribution in [0.5, 0.6) is 0 Å². The molecule has 1 aromatic carbocycles. The molecule has 2 rings (SSSR count). The maximum Gasteiger partial charge on any atom is 0.422 e. The standard InChI is InChI=1S/C15H19F3N2O3/c1-10-7-20(8-11(2)23-10)13-6-4-3-5-12(13)19-14(21)22-9-15(16,17)18/h3-6,10-11H,7-9H2,1-2H3,(H,19,21). The molecule has 23 heavy (non-hydrogen) atoms. The first kappa shape index (κ1) is 17.4. The second kappa shape index (κ2) is 7.08. The lowest BCUT2D eigenvalue weighted by Gasteiger charge is -2.37. The van der Waals surface area contributed by atoms with Crippen LogP contribution in [0.3, 0.4) is 0 Å². The van der Waals surface area contributed by atoms with Gasteiger partial charge in [0.25, 0.3) is 0 Å². The van der Waals surface area contributed by atoms with Crippen molar-refractivity contribution in [3.05, 3.63) is 24.3 Å². The van der Waals surface area contributed by atoms with Gasteiger partial charge in [-0.05, 0) is 26.0 Å². The number of rotatable bonds is 3. The third kappa shape index (κ3) is 5.31. The zero-order valence-corrected chi connectivity index (χ0v) is 12.9. The van der Waals surface area contributed by atoms with E-state index in [0.717, 1.165) is 5.69 Å². The fourth-order valence-electron chi connectivity index (χ4n) is 2.52. The molecule has 0 saturated carbocycles. The van der Waals surface area contributed by atoms with E-state index in [-0.39, 0.29) is 12.2 Å². The number of nitrogens with zero attached hydrogens (tertiary/aromatic N) is 1. The second-order valence-corrected chi connectivity index (χ2v) is 5.50. The largest absolute Gasteiger partial charge is 0.440 e. The molecule has 2 unspecified atom stereocenters.